The number of carbonyl (C=O) groups excluding carboxylic acids is 1. The minimum absolute atomic E-state index is 0.315. The number of unbranched alkanes of at least 4 members (excludes halogenated alkanes) is 3. The molecule has 5 nitrogen and oxygen atoms in total. The number of nitrogens with zero attached hydrogens (tertiary/aromatic N) is 1. The smallest absolute Gasteiger partial charge is 0.323 e. The molecule has 0 spiro atoms. The molecule has 6 heteroatoms. The van der Waals surface area contributed by atoms with Gasteiger partial charge in [0.05, 0.1) is 5.69 Å². The molecule has 0 aliphatic carbocycles. The summed E-state index contributed by atoms with van der Waals surface area (Å²) >= 11 is 5.87. The fourth-order valence-corrected chi connectivity index (χ4v) is 3.17. The van der Waals surface area contributed by atoms with E-state index < -0.39 is 0 Å². The van der Waals surface area contributed by atoms with Crippen molar-refractivity contribution in [3.63, 3.8) is 0 Å². The van der Waals surface area contributed by atoms with Crippen LogP contribution in [-0.2, 0) is 0 Å². The van der Waals surface area contributed by atoms with Crippen molar-refractivity contribution in [3.05, 3.63) is 71.8 Å². The van der Waals surface area contributed by atoms with Crippen LogP contribution < -0.4 is 16.0 Å². The molecule has 2 amide bonds. The Bertz CT molecular complexity index is 959. The van der Waals surface area contributed by atoms with Crippen LogP contribution in [0.1, 0.15) is 32.6 Å². The van der Waals surface area contributed by atoms with Crippen LogP contribution in [0.15, 0.2) is 66.7 Å². The number of urea groups is 1. The lowest BCUT2D eigenvalue weighted by molar-refractivity contribution is 0.262. The van der Waals surface area contributed by atoms with Gasteiger partial charge >= 0.3 is 6.03 Å². The minimum Gasteiger partial charge on any atom is -0.370 e. The van der Waals surface area contributed by atoms with Crippen LogP contribution in [0.5, 0.6) is 0 Å². The molecular weight excluding hydrogens is 396 g/mol. The normalized spacial score (nSPS) is 10.5. The standard InChI is InChI=1S/C24H27ClN4O/c1-2-3-4-5-16-26-23-11-7-10-22(29-23)18-8-6-9-21(17-18)28-24(30)27-20-14-12-19(25)13-15-20/h6-15,17H,2-5,16H2,1H3,(H,26,29)(H2,27,28,30). The van der Waals surface area contributed by atoms with Gasteiger partial charge in [0.25, 0.3) is 0 Å². The summed E-state index contributed by atoms with van der Waals surface area (Å²) in [7, 11) is 0. The fraction of sp³-hybridized carbons (Fsp3) is 0.250. The van der Waals surface area contributed by atoms with Crippen LogP contribution in [-0.4, -0.2) is 17.6 Å². The third-order valence-corrected chi connectivity index (χ3v) is 4.86. The number of hydrogen-bond acceptors (Lipinski definition) is 3. The summed E-state index contributed by atoms with van der Waals surface area (Å²) in [5.74, 6) is 0.864. The number of pyridine rings is 1. The van der Waals surface area contributed by atoms with Crippen molar-refractivity contribution in [2.75, 3.05) is 22.5 Å². The van der Waals surface area contributed by atoms with Gasteiger partial charge in [0.1, 0.15) is 5.82 Å². The zero-order valence-corrected chi connectivity index (χ0v) is 17.9. The number of amides is 2. The number of carbonyl (C=O) groups is 1. The Balaban J connectivity index is 1.61. The van der Waals surface area contributed by atoms with Crippen molar-refractivity contribution in [2.45, 2.75) is 32.6 Å². The Hall–Kier alpha value is -3.05. The van der Waals surface area contributed by atoms with E-state index in [0.29, 0.717) is 16.4 Å². The summed E-state index contributed by atoms with van der Waals surface area (Å²) in [6, 6.07) is 20.2. The fourth-order valence-electron chi connectivity index (χ4n) is 3.05. The molecule has 0 fully saturated rings. The molecule has 0 aliphatic heterocycles. The molecule has 0 unspecified atom stereocenters. The molecule has 156 valence electrons. The Labute approximate surface area is 182 Å². The second-order valence-corrected chi connectivity index (χ2v) is 7.50. The van der Waals surface area contributed by atoms with E-state index in [4.69, 9.17) is 16.6 Å². The maximum absolute atomic E-state index is 12.3. The Morgan fingerprint density at radius 3 is 2.47 bits per heavy atom. The summed E-state index contributed by atoms with van der Waals surface area (Å²) in [4.78, 5) is 17.0. The molecule has 0 radical (unpaired) electrons. The molecule has 3 N–H and O–H groups in total. The van der Waals surface area contributed by atoms with Crippen molar-refractivity contribution in [3.8, 4) is 11.3 Å². The van der Waals surface area contributed by atoms with Crippen LogP contribution in [0.3, 0.4) is 0 Å². The highest BCUT2D eigenvalue weighted by Crippen LogP contribution is 2.23. The predicted molar refractivity (Wildman–Crippen MR) is 126 cm³/mol. The third-order valence-electron chi connectivity index (χ3n) is 4.60. The van der Waals surface area contributed by atoms with Gasteiger partial charge in [-0.15, -0.1) is 0 Å². The Morgan fingerprint density at radius 2 is 1.67 bits per heavy atom. The zero-order chi connectivity index (χ0) is 21.2. The van der Waals surface area contributed by atoms with Gasteiger partial charge in [0.15, 0.2) is 0 Å². The lowest BCUT2D eigenvalue weighted by atomic mass is 10.1. The number of aromatic nitrogens is 1. The highest BCUT2D eigenvalue weighted by molar-refractivity contribution is 6.30. The van der Waals surface area contributed by atoms with Crippen LogP contribution >= 0.6 is 11.6 Å². The van der Waals surface area contributed by atoms with Gasteiger partial charge in [-0.1, -0.05) is 56.0 Å². The minimum atomic E-state index is -0.315. The first-order chi connectivity index (χ1) is 14.6. The first kappa shape index (κ1) is 21.7. The number of benzene rings is 2. The maximum atomic E-state index is 12.3. The second-order valence-electron chi connectivity index (χ2n) is 7.06. The lowest BCUT2D eigenvalue weighted by Crippen LogP contribution is -2.19. The van der Waals surface area contributed by atoms with Crippen LogP contribution in [0, 0.1) is 0 Å². The van der Waals surface area contributed by atoms with E-state index in [-0.39, 0.29) is 6.03 Å². The number of nitrogens with one attached hydrogen (secondary N) is 3. The van der Waals surface area contributed by atoms with E-state index in [2.05, 4.69) is 22.9 Å². The highest BCUT2D eigenvalue weighted by Gasteiger charge is 2.06. The molecule has 1 heterocycles. The zero-order valence-electron chi connectivity index (χ0n) is 17.1. The van der Waals surface area contributed by atoms with E-state index in [0.717, 1.165) is 30.0 Å². The molecule has 0 saturated heterocycles. The van der Waals surface area contributed by atoms with E-state index in [9.17, 15) is 4.79 Å². The first-order valence-electron chi connectivity index (χ1n) is 10.3. The van der Waals surface area contributed by atoms with Gasteiger partial charge in [0, 0.05) is 28.5 Å². The van der Waals surface area contributed by atoms with Crippen molar-refractivity contribution in [2.24, 2.45) is 0 Å². The largest absolute Gasteiger partial charge is 0.370 e. The summed E-state index contributed by atoms with van der Waals surface area (Å²) in [5.41, 5.74) is 3.16. The van der Waals surface area contributed by atoms with Crippen molar-refractivity contribution in [1.82, 2.24) is 4.98 Å². The Morgan fingerprint density at radius 1 is 0.900 bits per heavy atom. The summed E-state index contributed by atoms with van der Waals surface area (Å²) < 4.78 is 0. The molecule has 0 saturated carbocycles. The summed E-state index contributed by atoms with van der Waals surface area (Å²) in [5, 5.41) is 9.66. The van der Waals surface area contributed by atoms with E-state index >= 15 is 0 Å². The van der Waals surface area contributed by atoms with Crippen molar-refractivity contribution >= 4 is 34.8 Å². The molecular formula is C24H27ClN4O. The molecule has 30 heavy (non-hydrogen) atoms. The van der Waals surface area contributed by atoms with E-state index in [1.807, 2.05) is 42.5 Å². The SMILES string of the molecule is CCCCCCNc1cccc(-c2cccc(NC(=O)Nc3ccc(Cl)cc3)c2)n1. The van der Waals surface area contributed by atoms with Gasteiger partial charge in [-0.2, -0.15) is 0 Å². The van der Waals surface area contributed by atoms with Gasteiger partial charge in [0.2, 0.25) is 0 Å². The average Bonchev–Trinajstić information content (AvgIpc) is 2.76. The highest BCUT2D eigenvalue weighted by atomic mass is 35.5. The molecule has 1 aromatic heterocycles. The van der Waals surface area contributed by atoms with E-state index in [1.165, 1.54) is 19.3 Å². The molecule has 0 bridgehead atoms. The van der Waals surface area contributed by atoms with E-state index in [1.54, 1.807) is 24.3 Å². The van der Waals surface area contributed by atoms with Crippen molar-refractivity contribution < 1.29 is 4.79 Å². The number of rotatable bonds is 9. The number of anilines is 3. The third kappa shape index (κ3) is 6.78. The Kier molecular flexibility index (Phi) is 8.10. The van der Waals surface area contributed by atoms with Gasteiger partial charge in [-0.05, 0) is 55.0 Å². The molecule has 0 aliphatic rings. The van der Waals surface area contributed by atoms with Gasteiger partial charge < -0.3 is 16.0 Å². The summed E-state index contributed by atoms with van der Waals surface area (Å²) in [6.45, 7) is 3.13. The second kappa shape index (κ2) is 11.2. The topological polar surface area (TPSA) is 66.0 Å². The first-order valence-corrected chi connectivity index (χ1v) is 10.7. The van der Waals surface area contributed by atoms with Gasteiger partial charge in [-0.25, -0.2) is 9.78 Å². The molecule has 2 aromatic carbocycles. The number of hydrogen-bond donors (Lipinski definition) is 3. The molecule has 3 rings (SSSR count). The van der Waals surface area contributed by atoms with Crippen LogP contribution in [0.25, 0.3) is 11.3 Å². The number of halogens is 1. The van der Waals surface area contributed by atoms with Gasteiger partial charge in [-0.3, -0.25) is 0 Å². The quantitative estimate of drug-likeness (QED) is 0.324. The predicted octanol–water partition coefficient (Wildman–Crippen LogP) is 7.04. The van der Waals surface area contributed by atoms with Crippen LogP contribution in [0.4, 0.5) is 22.0 Å². The monoisotopic (exact) mass is 422 g/mol. The maximum Gasteiger partial charge on any atom is 0.323 e. The summed E-state index contributed by atoms with van der Waals surface area (Å²) in [6.07, 6.45) is 4.87. The lowest BCUT2D eigenvalue weighted by Gasteiger charge is -2.10. The molecule has 0 atom stereocenters. The van der Waals surface area contributed by atoms with Crippen LogP contribution in [0.2, 0.25) is 5.02 Å². The average molecular weight is 423 g/mol. The molecule has 3 aromatic rings. The van der Waals surface area contributed by atoms with Crippen molar-refractivity contribution in [1.29, 1.82) is 0 Å².